The molecule has 1 aliphatic rings. The van der Waals surface area contributed by atoms with E-state index in [1.807, 2.05) is 83.8 Å². The first kappa shape index (κ1) is 26.1. The molecule has 1 fully saturated rings. The van der Waals surface area contributed by atoms with E-state index in [0.29, 0.717) is 28.1 Å². The normalized spacial score (nSPS) is 16.3. The van der Waals surface area contributed by atoms with Crippen molar-refractivity contribution in [3.8, 4) is 28.6 Å². The first-order valence-electron chi connectivity index (χ1n) is 12.9. The Morgan fingerprint density at radius 2 is 1.59 bits per heavy atom. The lowest BCUT2D eigenvalue weighted by Gasteiger charge is -2.26. The second-order valence-electron chi connectivity index (χ2n) is 9.35. The molecule has 2 atom stereocenters. The number of nitrogens with zero attached hydrogens (tertiary/aromatic N) is 2. The highest BCUT2D eigenvalue weighted by atomic mass is 32.1. The Labute approximate surface area is 241 Å². The van der Waals surface area contributed by atoms with Crippen LogP contribution in [0.5, 0.6) is 17.2 Å². The third-order valence-electron chi connectivity index (χ3n) is 6.84. The van der Waals surface area contributed by atoms with Gasteiger partial charge in [0.25, 0.3) is 0 Å². The summed E-state index contributed by atoms with van der Waals surface area (Å²) in [6.07, 6.45) is 1.75. The number of hydrogen-bond donors (Lipinski definition) is 2. The van der Waals surface area contributed by atoms with E-state index < -0.39 is 5.97 Å². The monoisotopic (exact) mass is 563 g/mol. The van der Waals surface area contributed by atoms with Crippen molar-refractivity contribution in [1.82, 2.24) is 10.3 Å². The number of nitrogens with one attached hydrogen (secondary N) is 1. The molecule has 9 heteroatoms. The van der Waals surface area contributed by atoms with Crippen molar-refractivity contribution in [2.24, 2.45) is 0 Å². The van der Waals surface area contributed by atoms with Crippen molar-refractivity contribution < 1.29 is 23.8 Å². The lowest BCUT2D eigenvalue weighted by Crippen LogP contribution is -2.29. The zero-order chi connectivity index (χ0) is 28.3. The average Bonchev–Trinajstić information content (AvgIpc) is 3.63. The predicted molar refractivity (Wildman–Crippen MR) is 159 cm³/mol. The first-order chi connectivity index (χ1) is 20.0. The molecule has 0 radical (unpaired) electrons. The highest BCUT2D eigenvalue weighted by molar-refractivity contribution is 7.80. The smallest absolute Gasteiger partial charge is 0.335 e. The molecule has 3 heterocycles. The van der Waals surface area contributed by atoms with Gasteiger partial charge in [-0.1, -0.05) is 18.2 Å². The molecule has 5 aromatic rings. The van der Waals surface area contributed by atoms with E-state index in [2.05, 4.69) is 10.3 Å². The Hall–Kier alpha value is -5.15. The number of pyridine rings is 1. The average molecular weight is 564 g/mol. The van der Waals surface area contributed by atoms with Crippen molar-refractivity contribution in [3.63, 3.8) is 0 Å². The number of carboxylic acids is 1. The molecule has 8 nitrogen and oxygen atoms in total. The summed E-state index contributed by atoms with van der Waals surface area (Å²) in [6, 6.07) is 30.6. The molecule has 2 aromatic heterocycles. The van der Waals surface area contributed by atoms with Gasteiger partial charge in [-0.15, -0.1) is 0 Å². The van der Waals surface area contributed by atoms with E-state index in [9.17, 15) is 9.90 Å². The second-order valence-corrected chi connectivity index (χ2v) is 9.74. The van der Waals surface area contributed by atoms with Gasteiger partial charge < -0.3 is 29.2 Å². The first-order valence-corrected chi connectivity index (χ1v) is 13.3. The second kappa shape index (κ2) is 11.1. The SMILES string of the molecule is COc1ccc(Oc2ccc(N3C(=S)N[C@@H](c4ccccn4)[C@H]3c3ccc(-c4ccc(C(=O)O)cc4)o3)cc2)cc1. The Morgan fingerprint density at radius 3 is 2.22 bits per heavy atom. The fourth-order valence-electron chi connectivity index (χ4n) is 4.82. The summed E-state index contributed by atoms with van der Waals surface area (Å²) in [5.74, 6) is 2.47. The minimum Gasteiger partial charge on any atom is -0.497 e. The van der Waals surface area contributed by atoms with Gasteiger partial charge in [-0.3, -0.25) is 4.98 Å². The maximum Gasteiger partial charge on any atom is 0.335 e. The van der Waals surface area contributed by atoms with Crippen molar-refractivity contribution in [1.29, 1.82) is 0 Å². The number of carbonyl (C=O) groups is 1. The molecule has 1 aliphatic heterocycles. The molecular weight excluding hydrogens is 538 g/mol. The molecule has 0 saturated carbocycles. The molecular formula is C32H25N3O5S. The van der Waals surface area contributed by atoms with Gasteiger partial charge in [-0.05, 0) is 97.1 Å². The summed E-state index contributed by atoms with van der Waals surface area (Å²) >= 11 is 5.82. The largest absolute Gasteiger partial charge is 0.497 e. The zero-order valence-corrected chi connectivity index (χ0v) is 22.7. The molecule has 2 N–H and O–H groups in total. The lowest BCUT2D eigenvalue weighted by atomic mass is 10.0. The summed E-state index contributed by atoms with van der Waals surface area (Å²) in [5.41, 5.74) is 2.67. The third kappa shape index (κ3) is 5.35. The molecule has 6 rings (SSSR count). The van der Waals surface area contributed by atoms with E-state index >= 15 is 0 Å². The number of hydrogen-bond acceptors (Lipinski definition) is 6. The quantitative estimate of drug-likeness (QED) is 0.193. The highest BCUT2D eigenvalue weighted by Gasteiger charge is 2.42. The van der Waals surface area contributed by atoms with Gasteiger partial charge in [0.2, 0.25) is 0 Å². The zero-order valence-electron chi connectivity index (χ0n) is 21.9. The summed E-state index contributed by atoms with van der Waals surface area (Å²) in [4.78, 5) is 17.9. The number of aromatic carboxylic acids is 1. The minimum absolute atomic E-state index is 0.215. The van der Waals surface area contributed by atoms with Gasteiger partial charge in [0.15, 0.2) is 5.11 Å². The predicted octanol–water partition coefficient (Wildman–Crippen LogP) is 7.02. The topological polar surface area (TPSA) is 97.1 Å². The van der Waals surface area contributed by atoms with Gasteiger partial charge in [0.05, 0.1) is 24.4 Å². The number of rotatable bonds is 8. The molecule has 0 bridgehead atoms. The van der Waals surface area contributed by atoms with Crippen molar-refractivity contribution in [2.75, 3.05) is 12.0 Å². The molecule has 0 aliphatic carbocycles. The Kier molecular flexibility index (Phi) is 7.09. The lowest BCUT2D eigenvalue weighted by molar-refractivity contribution is 0.0697. The Balaban J connectivity index is 1.32. The van der Waals surface area contributed by atoms with Crippen LogP contribution in [0.4, 0.5) is 5.69 Å². The molecule has 204 valence electrons. The van der Waals surface area contributed by atoms with Crippen LogP contribution in [0.2, 0.25) is 0 Å². The Bertz CT molecular complexity index is 1670. The minimum atomic E-state index is -0.975. The van der Waals surface area contributed by atoms with E-state index in [1.165, 1.54) is 0 Å². The summed E-state index contributed by atoms with van der Waals surface area (Å²) < 4.78 is 17.6. The van der Waals surface area contributed by atoms with Gasteiger partial charge in [-0.25, -0.2) is 4.79 Å². The van der Waals surface area contributed by atoms with E-state index in [4.69, 9.17) is 26.1 Å². The molecule has 0 unspecified atom stereocenters. The van der Waals surface area contributed by atoms with E-state index in [-0.39, 0.29) is 17.6 Å². The Morgan fingerprint density at radius 1 is 0.902 bits per heavy atom. The third-order valence-corrected chi connectivity index (χ3v) is 7.16. The van der Waals surface area contributed by atoms with Gasteiger partial charge in [-0.2, -0.15) is 0 Å². The van der Waals surface area contributed by atoms with Crippen molar-refractivity contribution >= 4 is 29.0 Å². The maximum absolute atomic E-state index is 11.3. The number of aromatic nitrogens is 1. The van der Waals surface area contributed by atoms with Gasteiger partial charge >= 0.3 is 5.97 Å². The molecule has 3 aromatic carbocycles. The standard InChI is InChI=1S/C32H25N3O5S/c1-38-23-13-15-25(16-14-23)39-24-11-9-22(10-12-24)35-30(29(34-32(35)41)26-4-2-3-19-33-26)28-18-17-27(40-28)20-5-7-21(8-6-20)31(36)37/h2-19,29-30H,1H3,(H,34,41)(H,36,37)/t29-,30+/m0/s1. The van der Waals surface area contributed by atoms with Crippen molar-refractivity contribution in [2.45, 2.75) is 12.1 Å². The van der Waals surface area contributed by atoms with Gasteiger partial charge in [0, 0.05) is 17.4 Å². The van der Waals surface area contributed by atoms with Crippen molar-refractivity contribution in [3.05, 3.63) is 126 Å². The van der Waals surface area contributed by atoms with Crippen LogP contribution in [0, 0.1) is 0 Å². The molecule has 1 saturated heterocycles. The van der Waals surface area contributed by atoms with Crippen LogP contribution in [-0.4, -0.2) is 28.3 Å². The maximum atomic E-state index is 11.3. The fraction of sp³-hybridized carbons (Fsp3) is 0.0938. The van der Waals surface area contributed by atoms with Crippen LogP contribution < -0.4 is 19.7 Å². The number of benzene rings is 3. The molecule has 0 spiro atoms. The summed E-state index contributed by atoms with van der Waals surface area (Å²) in [5, 5.41) is 13.2. The summed E-state index contributed by atoms with van der Waals surface area (Å²) in [6.45, 7) is 0. The van der Waals surface area contributed by atoms with Crippen LogP contribution in [-0.2, 0) is 0 Å². The van der Waals surface area contributed by atoms with E-state index in [0.717, 1.165) is 22.7 Å². The van der Waals surface area contributed by atoms with Crippen LogP contribution >= 0.6 is 12.2 Å². The van der Waals surface area contributed by atoms with Crippen LogP contribution in [0.3, 0.4) is 0 Å². The van der Waals surface area contributed by atoms with Crippen LogP contribution in [0.25, 0.3) is 11.3 Å². The summed E-state index contributed by atoms with van der Waals surface area (Å²) in [7, 11) is 1.62. The number of carboxylic acid groups (broad SMARTS) is 1. The fourth-order valence-corrected chi connectivity index (χ4v) is 5.17. The van der Waals surface area contributed by atoms with Crippen LogP contribution in [0.15, 0.2) is 114 Å². The molecule has 0 amide bonds. The number of thiocarbonyl (C=S) groups is 1. The van der Waals surface area contributed by atoms with Gasteiger partial charge in [0.1, 0.15) is 34.8 Å². The number of furan rings is 1. The number of ether oxygens (including phenoxy) is 2. The van der Waals surface area contributed by atoms with Crippen LogP contribution in [0.1, 0.15) is 33.9 Å². The number of anilines is 1. The number of methoxy groups -OCH3 is 1. The van der Waals surface area contributed by atoms with E-state index in [1.54, 1.807) is 37.6 Å². The molecule has 41 heavy (non-hydrogen) atoms. The highest BCUT2D eigenvalue weighted by Crippen LogP contribution is 2.43.